The number of hydrogen-bond acceptors (Lipinski definition) is 8. The second kappa shape index (κ2) is 9.83. The van der Waals surface area contributed by atoms with Crippen LogP contribution in [-0.4, -0.2) is 62.9 Å². The number of esters is 2. The number of aryl methyl sites for hydroxylation is 1. The lowest BCUT2D eigenvalue weighted by molar-refractivity contribution is -0.173. The number of benzene rings is 1. The van der Waals surface area contributed by atoms with Gasteiger partial charge in [-0.25, -0.2) is 9.59 Å². The minimum atomic E-state index is -1.82. The third kappa shape index (κ3) is 7.37. The Labute approximate surface area is 120 Å². The average molecular weight is 302 g/mol. The van der Waals surface area contributed by atoms with Crippen molar-refractivity contribution in [1.82, 2.24) is 0 Å². The Balaban J connectivity index is 0.000000423. The molecule has 0 spiro atoms. The topological polar surface area (TPSA) is 145 Å². The maximum absolute atomic E-state index is 10.6. The van der Waals surface area contributed by atoms with Crippen LogP contribution in [0.2, 0.25) is 0 Å². The quantitative estimate of drug-likeness (QED) is 0.332. The minimum Gasteiger partial charge on any atom is -0.508 e. The van der Waals surface area contributed by atoms with E-state index in [1.54, 1.807) is 6.07 Å². The number of aliphatic hydroxyl groups excluding tert-OH is 4. The summed E-state index contributed by atoms with van der Waals surface area (Å²) in [6, 6.07) is 7.25. The van der Waals surface area contributed by atoms with Gasteiger partial charge in [0, 0.05) is 0 Å². The van der Waals surface area contributed by atoms with Crippen LogP contribution in [0.3, 0.4) is 0 Å². The maximum Gasteiger partial charge on any atom is 0.345 e. The number of aliphatic hydroxyl groups is 4. The number of phenolic OH excluding ortho intramolecular Hbond substituents is 1. The summed E-state index contributed by atoms with van der Waals surface area (Å²) in [7, 11) is 0. The molecule has 118 valence electrons. The average Bonchev–Trinajstić information content (AvgIpc) is 2.48. The lowest BCUT2D eigenvalue weighted by Gasteiger charge is -2.08. The molecule has 2 unspecified atom stereocenters. The van der Waals surface area contributed by atoms with E-state index in [4.69, 9.17) is 25.5 Å². The third-order valence-corrected chi connectivity index (χ3v) is 2.21. The van der Waals surface area contributed by atoms with Crippen molar-refractivity contribution in [3.8, 4) is 5.75 Å². The molecule has 1 aromatic carbocycles. The summed E-state index contributed by atoms with van der Waals surface area (Å²) in [5.41, 5.74) is 0.924. The SMILES string of the molecule is Cc1ccccc1O.O=C(OC(=O)C(O)CO)C(O)CO. The van der Waals surface area contributed by atoms with Gasteiger partial charge in [0.05, 0.1) is 13.2 Å². The Morgan fingerprint density at radius 2 is 1.48 bits per heavy atom. The summed E-state index contributed by atoms with van der Waals surface area (Å²) in [6.45, 7) is 0.0952. The van der Waals surface area contributed by atoms with Crippen LogP contribution in [0.15, 0.2) is 24.3 Å². The fourth-order valence-corrected chi connectivity index (χ4v) is 0.948. The van der Waals surface area contributed by atoms with Gasteiger partial charge in [-0.3, -0.25) is 0 Å². The van der Waals surface area contributed by atoms with Gasteiger partial charge in [-0.1, -0.05) is 18.2 Å². The molecule has 5 N–H and O–H groups in total. The Morgan fingerprint density at radius 3 is 1.76 bits per heavy atom. The van der Waals surface area contributed by atoms with Crippen molar-refractivity contribution in [2.24, 2.45) is 0 Å². The van der Waals surface area contributed by atoms with E-state index in [0.29, 0.717) is 5.75 Å². The van der Waals surface area contributed by atoms with Gasteiger partial charge < -0.3 is 30.3 Å². The zero-order valence-corrected chi connectivity index (χ0v) is 11.3. The predicted octanol–water partition coefficient (Wildman–Crippen LogP) is -1.54. The second-order valence-corrected chi connectivity index (χ2v) is 3.92. The Bertz CT molecular complexity index is 418. The molecular formula is C13H18O8. The molecule has 0 aliphatic carbocycles. The van der Waals surface area contributed by atoms with Crippen LogP contribution in [0.25, 0.3) is 0 Å². The first kappa shape index (κ1) is 19.0. The molecule has 21 heavy (non-hydrogen) atoms. The fourth-order valence-electron chi connectivity index (χ4n) is 0.948. The Morgan fingerprint density at radius 1 is 1.05 bits per heavy atom. The van der Waals surface area contributed by atoms with E-state index >= 15 is 0 Å². The lowest BCUT2D eigenvalue weighted by Crippen LogP contribution is -2.34. The predicted molar refractivity (Wildman–Crippen MR) is 70.1 cm³/mol. The van der Waals surface area contributed by atoms with Crippen molar-refractivity contribution in [2.75, 3.05) is 13.2 Å². The first-order chi connectivity index (χ1) is 9.83. The van der Waals surface area contributed by atoms with E-state index in [0.717, 1.165) is 5.56 Å². The molecule has 0 aromatic heterocycles. The monoisotopic (exact) mass is 302 g/mol. The molecule has 0 bridgehead atoms. The first-order valence-corrected chi connectivity index (χ1v) is 5.91. The van der Waals surface area contributed by atoms with Crippen LogP contribution < -0.4 is 0 Å². The Kier molecular flexibility index (Phi) is 8.90. The number of aromatic hydroxyl groups is 1. The summed E-state index contributed by atoms with van der Waals surface area (Å²) in [4.78, 5) is 21.1. The van der Waals surface area contributed by atoms with Gasteiger partial charge in [0.15, 0.2) is 12.2 Å². The zero-order chi connectivity index (χ0) is 16.4. The normalized spacial score (nSPS) is 12.6. The van der Waals surface area contributed by atoms with Crippen LogP contribution in [-0.2, 0) is 14.3 Å². The summed E-state index contributed by atoms with van der Waals surface area (Å²) in [5.74, 6) is -2.38. The minimum absolute atomic E-state index is 0.368. The number of rotatable bonds is 4. The molecule has 2 atom stereocenters. The molecule has 8 nitrogen and oxygen atoms in total. The fraction of sp³-hybridized carbons (Fsp3) is 0.385. The van der Waals surface area contributed by atoms with E-state index in [9.17, 15) is 9.59 Å². The third-order valence-electron chi connectivity index (χ3n) is 2.21. The summed E-state index contributed by atoms with van der Waals surface area (Å²) in [6.07, 6.45) is -3.65. The largest absolute Gasteiger partial charge is 0.508 e. The van der Waals surface area contributed by atoms with Crippen LogP contribution >= 0.6 is 0 Å². The number of phenols is 1. The summed E-state index contributed by atoms with van der Waals surface area (Å²) < 4.78 is 3.86. The van der Waals surface area contributed by atoms with E-state index in [1.807, 2.05) is 25.1 Å². The molecule has 0 aliphatic heterocycles. The number of para-hydroxylation sites is 1. The smallest absolute Gasteiger partial charge is 0.345 e. The van der Waals surface area contributed by atoms with Crippen LogP contribution in [0, 0.1) is 6.92 Å². The number of carbonyl (C=O) groups excluding carboxylic acids is 2. The van der Waals surface area contributed by atoms with Crippen molar-refractivity contribution in [3.05, 3.63) is 29.8 Å². The van der Waals surface area contributed by atoms with Crippen LogP contribution in [0.1, 0.15) is 5.56 Å². The molecule has 0 aliphatic rings. The van der Waals surface area contributed by atoms with Crippen molar-refractivity contribution >= 4 is 11.9 Å². The maximum atomic E-state index is 10.6. The van der Waals surface area contributed by atoms with Crippen molar-refractivity contribution < 1.29 is 39.9 Å². The second-order valence-electron chi connectivity index (χ2n) is 3.92. The van der Waals surface area contributed by atoms with Gasteiger partial charge in [0.2, 0.25) is 0 Å². The molecule has 8 heteroatoms. The van der Waals surface area contributed by atoms with E-state index in [2.05, 4.69) is 4.74 Å². The number of carbonyl (C=O) groups is 2. The highest BCUT2D eigenvalue weighted by atomic mass is 16.6. The standard InChI is InChI=1S/C7H8O.C6H10O7/c1-6-4-2-3-5-7(6)8;7-1-3(9)5(11)13-6(12)4(10)2-8/h2-5,8H,1H3;3-4,7-10H,1-2H2. The molecule has 0 saturated heterocycles. The zero-order valence-electron chi connectivity index (χ0n) is 11.3. The highest BCUT2D eigenvalue weighted by Gasteiger charge is 2.23. The molecule has 0 amide bonds. The molecule has 1 aromatic rings. The molecule has 0 heterocycles. The molecular weight excluding hydrogens is 284 g/mol. The molecule has 0 fully saturated rings. The van der Waals surface area contributed by atoms with Gasteiger partial charge >= 0.3 is 11.9 Å². The van der Waals surface area contributed by atoms with Crippen molar-refractivity contribution in [1.29, 1.82) is 0 Å². The lowest BCUT2D eigenvalue weighted by atomic mass is 10.2. The van der Waals surface area contributed by atoms with Gasteiger partial charge in [0.1, 0.15) is 5.75 Å². The summed E-state index contributed by atoms with van der Waals surface area (Å²) >= 11 is 0. The van der Waals surface area contributed by atoms with Crippen molar-refractivity contribution in [2.45, 2.75) is 19.1 Å². The number of hydrogen-bond donors (Lipinski definition) is 5. The molecule has 0 saturated carbocycles. The van der Waals surface area contributed by atoms with Crippen LogP contribution in [0.5, 0.6) is 5.75 Å². The van der Waals surface area contributed by atoms with E-state index < -0.39 is 37.4 Å². The molecule has 0 radical (unpaired) electrons. The van der Waals surface area contributed by atoms with Crippen LogP contribution in [0.4, 0.5) is 0 Å². The number of ether oxygens (including phenoxy) is 1. The van der Waals surface area contributed by atoms with Gasteiger partial charge in [-0.15, -0.1) is 0 Å². The highest BCUT2D eigenvalue weighted by Crippen LogP contribution is 2.12. The van der Waals surface area contributed by atoms with Gasteiger partial charge in [0.25, 0.3) is 0 Å². The highest BCUT2D eigenvalue weighted by molar-refractivity contribution is 5.89. The Hall–Kier alpha value is -2.00. The van der Waals surface area contributed by atoms with E-state index in [-0.39, 0.29) is 0 Å². The van der Waals surface area contributed by atoms with Crippen molar-refractivity contribution in [3.63, 3.8) is 0 Å². The first-order valence-electron chi connectivity index (χ1n) is 5.91. The summed E-state index contributed by atoms with van der Waals surface area (Å²) in [5, 5.41) is 42.6. The van der Waals surface area contributed by atoms with Gasteiger partial charge in [-0.05, 0) is 18.6 Å². The van der Waals surface area contributed by atoms with Gasteiger partial charge in [-0.2, -0.15) is 0 Å². The molecule has 1 rings (SSSR count). The van der Waals surface area contributed by atoms with E-state index in [1.165, 1.54) is 0 Å².